The molecule has 0 bridgehead atoms. The highest BCUT2D eigenvalue weighted by Gasteiger charge is 2.10. The summed E-state index contributed by atoms with van der Waals surface area (Å²) in [7, 11) is 0. The van der Waals surface area contributed by atoms with Crippen LogP contribution in [-0.2, 0) is 6.54 Å². The Morgan fingerprint density at radius 2 is 1.80 bits per heavy atom. The fraction of sp³-hybridized carbons (Fsp3) is 0.412. The second kappa shape index (κ2) is 6.31. The lowest BCUT2D eigenvalue weighted by atomic mass is 10.1. The van der Waals surface area contributed by atoms with Gasteiger partial charge in [0.25, 0.3) is 0 Å². The lowest BCUT2D eigenvalue weighted by molar-refractivity contribution is 0.578. The van der Waals surface area contributed by atoms with Crippen molar-refractivity contribution in [3.63, 3.8) is 0 Å². The van der Waals surface area contributed by atoms with Gasteiger partial charge in [-0.2, -0.15) is 0 Å². The van der Waals surface area contributed by atoms with Crippen molar-refractivity contribution in [2.45, 2.75) is 32.7 Å². The summed E-state index contributed by atoms with van der Waals surface area (Å²) in [4.78, 5) is 3.92. The van der Waals surface area contributed by atoms with Crippen LogP contribution in [0.15, 0.2) is 35.7 Å². The van der Waals surface area contributed by atoms with Crippen LogP contribution in [0.4, 0.5) is 11.4 Å². The maximum Gasteiger partial charge on any atom is 0.0496 e. The third-order valence-electron chi connectivity index (χ3n) is 4.01. The van der Waals surface area contributed by atoms with Gasteiger partial charge >= 0.3 is 0 Å². The molecule has 3 heteroatoms. The molecule has 1 fully saturated rings. The number of thiophene rings is 1. The Balaban J connectivity index is 1.59. The van der Waals surface area contributed by atoms with Gasteiger partial charge in [0.15, 0.2) is 0 Å². The monoisotopic (exact) mass is 286 g/mol. The van der Waals surface area contributed by atoms with E-state index in [1.807, 2.05) is 11.3 Å². The van der Waals surface area contributed by atoms with E-state index in [1.54, 1.807) is 0 Å². The number of piperidine rings is 1. The van der Waals surface area contributed by atoms with Gasteiger partial charge in [0.05, 0.1) is 0 Å². The summed E-state index contributed by atoms with van der Waals surface area (Å²) in [5, 5.41) is 5.67. The predicted octanol–water partition coefficient (Wildman–Crippen LogP) is 4.66. The Kier molecular flexibility index (Phi) is 4.26. The Morgan fingerprint density at radius 3 is 2.45 bits per heavy atom. The minimum absolute atomic E-state index is 0.923. The maximum absolute atomic E-state index is 3.51. The zero-order valence-electron chi connectivity index (χ0n) is 12.1. The van der Waals surface area contributed by atoms with Crippen molar-refractivity contribution in [1.29, 1.82) is 0 Å². The van der Waals surface area contributed by atoms with E-state index in [9.17, 15) is 0 Å². The number of benzene rings is 1. The Hall–Kier alpha value is -1.48. The van der Waals surface area contributed by atoms with E-state index < -0.39 is 0 Å². The van der Waals surface area contributed by atoms with Gasteiger partial charge < -0.3 is 10.2 Å². The standard InChI is InChI=1S/C17H22N2S/c1-14-9-12-20-17(14)13-18-15-5-7-16(8-6-15)19-10-3-2-4-11-19/h5-9,12,18H,2-4,10-11,13H2,1H3. The third-order valence-corrected chi connectivity index (χ3v) is 5.03. The van der Waals surface area contributed by atoms with Crippen LogP contribution in [0, 0.1) is 6.92 Å². The molecule has 1 aromatic heterocycles. The highest BCUT2D eigenvalue weighted by Crippen LogP contribution is 2.23. The molecule has 3 rings (SSSR count). The number of anilines is 2. The fourth-order valence-corrected chi connectivity index (χ4v) is 3.56. The zero-order valence-corrected chi connectivity index (χ0v) is 12.9. The molecule has 1 N–H and O–H groups in total. The van der Waals surface area contributed by atoms with E-state index in [4.69, 9.17) is 0 Å². The molecule has 1 saturated heterocycles. The normalized spacial score (nSPS) is 15.3. The summed E-state index contributed by atoms with van der Waals surface area (Å²) in [6, 6.07) is 11.1. The van der Waals surface area contributed by atoms with Gasteiger partial charge in [-0.05, 0) is 67.5 Å². The first kappa shape index (κ1) is 13.5. The number of nitrogens with zero attached hydrogens (tertiary/aromatic N) is 1. The average Bonchev–Trinajstić information content (AvgIpc) is 2.92. The van der Waals surface area contributed by atoms with Crippen molar-refractivity contribution < 1.29 is 0 Å². The van der Waals surface area contributed by atoms with E-state index in [0.717, 1.165) is 6.54 Å². The van der Waals surface area contributed by atoms with E-state index >= 15 is 0 Å². The lowest BCUT2D eigenvalue weighted by Crippen LogP contribution is -2.29. The van der Waals surface area contributed by atoms with Gasteiger partial charge in [-0.15, -0.1) is 11.3 Å². The highest BCUT2D eigenvalue weighted by molar-refractivity contribution is 7.10. The van der Waals surface area contributed by atoms with Gasteiger partial charge in [-0.25, -0.2) is 0 Å². The van der Waals surface area contributed by atoms with Crippen LogP contribution >= 0.6 is 11.3 Å². The van der Waals surface area contributed by atoms with Crippen LogP contribution in [0.2, 0.25) is 0 Å². The molecule has 2 aromatic rings. The molecule has 1 aromatic carbocycles. The minimum atomic E-state index is 0.923. The van der Waals surface area contributed by atoms with Crippen molar-refractivity contribution in [3.8, 4) is 0 Å². The second-order valence-electron chi connectivity index (χ2n) is 5.47. The molecule has 106 valence electrons. The van der Waals surface area contributed by atoms with Gasteiger partial charge in [0.1, 0.15) is 0 Å². The van der Waals surface area contributed by atoms with Crippen LogP contribution in [-0.4, -0.2) is 13.1 Å². The molecule has 0 spiro atoms. The molecule has 0 aliphatic carbocycles. The summed E-state index contributed by atoms with van der Waals surface area (Å²) in [5.74, 6) is 0. The molecule has 0 unspecified atom stereocenters. The van der Waals surface area contributed by atoms with E-state index in [1.165, 1.54) is 54.2 Å². The minimum Gasteiger partial charge on any atom is -0.380 e. The molecule has 0 radical (unpaired) electrons. The molecule has 2 nitrogen and oxygen atoms in total. The predicted molar refractivity (Wildman–Crippen MR) is 88.9 cm³/mol. The van der Waals surface area contributed by atoms with Crippen LogP contribution < -0.4 is 10.2 Å². The summed E-state index contributed by atoms with van der Waals surface area (Å²) in [5.41, 5.74) is 3.95. The highest BCUT2D eigenvalue weighted by atomic mass is 32.1. The van der Waals surface area contributed by atoms with Crippen LogP contribution in [0.25, 0.3) is 0 Å². The Labute approximate surface area is 125 Å². The molecule has 20 heavy (non-hydrogen) atoms. The van der Waals surface area contributed by atoms with Crippen LogP contribution in [0.1, 0.15) is 29.7 Å². The second-order valence-corrected chi connectivity index (χ2v) is 6.48. The summed E-state index contributed by atoms with van der Waals surface area (Å²) in [6.07, 6.45) is 4.05. The fourth-order valence-electron chi connectivity index (χ4n) is 2.71. The first-order valence-electron chi connectivity index (χ1n) is 7.45. The van der Waals surface area contributed by atoms with Gasteiger partial charge in [-0.1, -0.05) is 0 Å². The maximum atomic E-state index is 3.51. The molecule has 0 atom stereocenters. The molecular weight excluding hydrogens is 264 g/mol. The smallest absolute Gasteiger partial charge is 0.0496 e. The molecule has 1 aliphatic heterocycles. The summed E-state index contributed by atoms with van der Waals surface area (Å²) in [6.45, 7) is 5.52. The van der Waals surface area contributed by atoms with Crippen molar-refractivity contribution in [3.05, 3.63) is 46.2 Å². The first-order chi connectivity index (χ1) is 9.83. The lowest BCUT2D eigenvalue weighted by Gasteiger charge is -2.28. The van der Waals surface area contributed by atoms with Crippen molar-refractivity contribution in [1.82, 2.24) is 0 Å². The van der Waals surface area contributed by atoms with Gasteiger partial charge in [0, 0.05) is 35.9 Å². The molecular formula is C17H22N2S. The van der Waals surface area contributed by atoms with Crippen molar-refractivity contribution in [2.24, 2.45) is 0 Å². The van der Waals surface area contributed by atoms with Gasteiger partial charge in [-0.3, -0.25) is 0 Å². The topological polar surface area (TPSA) is 15.3 Å². The van der Waals surface area contributed by atoms with Crippen molar-refractivity contribution in [2.75, 3.05) is 23.3 Å². The van der Waals surface area contributed by atoms with E-state index in [-0.39, 0.29) is 0 Å². The quantitative estimate of drug-likeness (QED) is 0.879. The van der Waals surface area contributed by atoms with E-state index in [2.05, 4.69) is 52.9 Å². The first-order valence-corrected chi connectivity index (χ1v) is 8.33. The molecule has 0 amide bonds. The summed E-state index contributed by atoms with van der Waals surface area (Å²) < 4.78 is 0. The average molecular weight is 286 g/mol. The molecule has 1 aliphatic rings. The number of aryl methyl sites for hydroxylation is 1. The van der Waals surface area contributed by atoms with Gasteiger partial charge in [0.2, 0.25) is 0 Å². The number of hydrogen-bond acceptors (Lipinski definition) is 3. The summed E-state index contributed by atoms with van der Waals surface area (Å²) >= 11 is 1.82. The number of rotatable bonds is 4. The Morgan fingerprint density at radius 1 is 1.05 bits per heavy atom. The largest absolute Gasteiger partial charge is 0.380 e. The van der Waals surface area contributed by atoms with Crippen LogP contribution in [0.3, 0.4) is 0 Å². The number of hydrogen-bond donors (Lipinski definition) is 1. The SMILES string of the molecule is Cc1ccsc1CNc1ccc(N2CCCCC2)cc1. The van der Waals surface area contributed by atoms with Crippen LogP contribution in [0.5, 0.6) is 0 Å². The van der Waals surface area contributed by atoms with E-state index in [0.29, 0.717) is 0 Å². The zero-order chi connectivity index (χ0) is 13.8. The molecule has 0 saturated carbocycles. The van der Waals surface area contributed by atoms with Crippen molar-refractivity contribution >= 4 is 22.7 Å². The Bertz CT molecular complexity index is 538. The molecule has 2 heterocycles. The third kappa shape index (κ3) is 3.15. The number of nitrogens with one attached hydrogen (secondary N) is 1.